The molecule has 0 saturated heterocycles. The van der Waals surface area contributed by atoms with Crippen molar-refractivity contribution >= 4 is 15.9 Å². The van der Waals surface area contributed by atoms with Gasteiger partial charge in [0.15, 0.2) is 0 Å². The summed E-state index contributed by atoms with van der Waals surface area (Å²) >= 11 is 3.39. The van der Waals surface area contributed by atoms with Crippen LogP contribution in [0.4, 0.5) is 4.39 Å². The Hall–Kier alpha value is -1.20. The van der Waals surface area contributed by atoms with Gasteiger partial charge in [0.2, 0.25) is 5.89 Å². The van der Waals surface area contributed by atoms with Gasteiger partial charge < -0.3 is 9.73 Å². The van der Waals surface area contributed by atoms with Gasteiger partial charge in [-0.2, -0.15) is 0 Å². The summed E-state index contributed by atoms with van der Waals surface area (Å²) in [6, 6.07) is 4.63. The van der Waals surface area contributed by atoms with Crippen LogP contribution in [0, 0.1) is 19.7 Å². The van der Waals surface area contributed by atoms with Crippen molar-refractivity contribution in [2.75, 3.05) is 0 Å². The molecule has 0 saturated carbocycles. The highest BCUT2D eigenvalue weighted by Crippen LogP contribution is 2.17. The fourth-order valence-corrected chi connectivity index (χ4v) is 1.98. The van der Waals surface area contributed by atoms with Crippen molar-refractivity contribution < 1.29 is 8.81 Å². The first-order chi connectivity index (χ1) is 8.56. The van der Waals surface area contributed by atoms with Crippen LogP contribution in [-0.2, 0) is 13.1 Å². The molecule has 0 unspecified atom stereocenters. The molecule has 1 N–H and O–H groups in total. The summed E-state index contributed by atoms with van der Waals surface area (Å²) in [6.45, 7) is 4.87. The molecule has 0 fully saturated rings. The lowest BCUT2D eigenvalue weighted by molar-refractivity contribution is 0.448. The highest BCUT2D eigenvalue weighted by molar-refractivity contribution is 9.10. The Labute approximate surface area is 114 Å². The maximum absolute atomic E-state index is 13.1. The second-order valence-electron chi connectivity index (χ2n) is 4.09. The van der Waals surface area contributed by atoms with E-state index in [4.69, 9.17) is 4.42 Å². The summed E-state index contributed by atoms with van der Waals surface area (Å²) in [5.41, 5.74) is 1.77. The van der Waals surface area contributed by atoms with Crippen molar-refractivity contribution in [2.24, 2.45) is 0 Å². The largest absolute Gasteiger partial charge is 0.444 e. The summed E-state index contributed by atoms with van der Waals surface area (Å²) in [6.07, 6.45) is 0. The second kappa shape index (κ2) is 5.63. The van der Waals surface area contributed by atoms with Crippen LogP contribution < -0.4 is 5.32 Å². The van der Waals surface area contributed by atoms with Crippen LogP contribution in [-0.4, -0.2) is 4.98 Å². The molecule has 0 bridgehead atoms. The van der Waals surface area contributed by atoms with Crippen molar-refractivity contribution in [3.8, 4) is 0 Å². The fourth-order valence-electron chi connectivity index (χ4n) is 1.60. The summed E-state index contributed by atoms with van der Waals surface area (Å²) in [7, 11) is 0. The molecule has 3 nitrogen and oxygen atoms in total. The molecule has 2 rings (SSSR count). The van der Waals surface area contributed by atoms with Gasteiger partial charge in [-0.25, -0.2) is 9.37 Å². The van der Waals surface area contributed by atoms with E-state index in [1.807, 2.05) is 13.8 Å². The zero-order valence-electron chi connectivity index (χ0n) is 10.3. The monoisotopic (exact) mass is 312 g/mol. The predicted molar refractivity (Wildman–Crippen MR) is 70.6 cm³/mol. The van der Waals surface area contributed by atoms with E-state index in [-0.39, 0.29) is 5.82 Å². The Balaban J connectivity index is 1.94. The number of nitrogens with one attached hydrogen (secondary N) is 1. The third-order valence-corrected chi connectivity index (χ3v) is 3.45. The average Bonchev–Trinajstić information content (AvgIpc) is 2.63. The third-order valence-electron chi connectivity index (χ3n) is 2.67. The molecule has 0 atom stereocenters. The molecule has 1 heterocycles. The second-order valence-corrected chi connectivity index (χ2v) is 4.94. The van der Waals surface area contributed by atoms with E-state index in [0.29, 0.717) is 19.0 Å². The van der Waals surface area contributed by atoms with E-state index in [0.717, 1.165) is 21.5 Å². The minimum Gasteiger partial charge on any atom is -0.444 e. The third kappa shape index (κ3) is 3.17. The molecular formula is C13H14BrFN2O. The summed E-state index contributed by atoms with van der Waals surface area (Å²) in [5, 5.41) is 3.17. The van der Waals surface area contributed by atoms with Crippen molar-refractivity contribution in [3.63, 3.8) is 0 Å². The van der Waals surface area contributed by atoms with Crippen molar-refractivity contribution in [3.05, 3.63) is 51.4 Å². The standard InChI is InChI=1S/C13H14BrFN2O/c1-8-9(2)18-13(17-8)7-16-6-10-5-11(15)3-4-12(10)14/h3-5,16H,6-7H2,1-2H3. The van der Waals surface area contributed by atoms with Crippen LogP contribution in [0.1, 0.15) is 22.9 Å². The molecule has 1 aromatic heterocycles. The van der Waals surface area contributed by atoms with Crippen molar-refractivity contribution in [1.29, 1.82) is 0 Å². The minimum atomic E-state index is -0.238. The van der Waals surface area contributed by atoms with E-state index in [9.17, 15) is 4.39 Å². The lowest BCUT2D eigenvalue weighted by Crippen LogP contribution is -2.13. The Morgan fingerprint density at radius 2 is 2.11 bits per heavy atom. The molecule has 0 aliphatic heterocycles. The average molecular weight is 313 g/mol. The Morgan fingerprint density at radius 1 is 1.33 bits per heavy atom. The first-order valence-corrected chi connectivity index (χ1v) is 6.43. The molecule has 5 heteroatoms. The first-order valence-electron chi connectivity index (χ1n) is 5.64. The van der Waals surface area contributed by atoms with Crippen LogP contribution in [0.3, 0.4) is 0 Å². The molecule has 18 heavy (non-hydrogen) atoms. The number of rotatable bonds is 4. The zero-order chi connectivity index (χ0) is 13.1. The Bertz CT molecular complexity index is 534. The fraction of sp³-hybridized carbons (Fsp3) is 0.308. The van der Waals surface area contributed by atoms with Crippen LogP contribution in [0.25, 0.3) is 0 Å². The minimum absolute atomic E-state index is 0.238. The van der Waals surface area contributed by atoms with Gasteiger partial charge in [-0.3, -0.25) is 0 Å². The lowest BCUT2D eigenvalue weighted by atomic mass is 10.2. The number of halogens is 2. The molecule has 0 aliphatic carbocycles. The highest BCUT2D eigenvalue weighted by atomic mass is 79.9. The number of benzene rings is 1. The molecule has 1 aromatic carbocycles. The summed E-state index contributed by atoms with van der Waals surface area (Å²) in [5.74, 6) is 1.24. The number of aryl methyl sites for hydroxylation is 2. The molecule has 0 radical (unpaired) electrons. The molecule has 0 amide bonds. The molecule has 2 aromatic rings. The number of nitrogens with zero attached hydrogens (tertiary/aromatic N) is 1. The molecular weight excluding hydrogens is 299 g/mol. The summed E-state index contributed by atoms with van der Waals surface area (Å²) in [4.78, 5) is 4.27. The summed E-state index contributed by atoms with van der Waals surface area (Å²) < 4.78 is 19.4. The Kier molecular flexibility index (Phi) is 4.14. The van der Waals surface area contributed by atoms with E-state index in [1.54, 1.807) is 6.07 Å². The number of hydrogen-bond donors (Lipinski definition) is 1. The number of aromatic nitrogens is 1. The molecule has 0 spiro atoms. The molecule has 96 valence electrons. The van der Waals surface area contributed by atoms with Crippen LogP contribution in [0.5, 0.6) is 0 Å². The van der Waals surface area contributed by atoms with Crippen molar-refractivity contribution in [1.82, 2.24) is 10.3 Å². The smallest absolute Gasteiger partial charge is 0.208 e. The number of hydrogen-bond acceptors (Lipinski definition) is 3. The van der Waals surface area contributed by atoms with Gasteiger partial charge in [-0.1, -0.05) is 15.9 Å². The normalized spacial score (nSPS) is 10.9. The van der Waals surface area contributed by atoms with Gasteiger partial charge >= 0.3 is 0 Å². The maximum Gasteiger partial charge on any atom is 0.208 e. The van der Waals surface area contributed by atoms with Gasteiger partial charge in [0.25, 0.3) is 0 Å². The van der Waals surface area contributed by atoms with Gasteiger partial charge in [-0.05, 0) is 37.6 Å². The van der Waals surface area contributed by atoms with Crippen LogP contribution in [0.15, 0.2) is 27.1 Å². The SMILES string of the molecule is Cc1nc(CNCc2cc(F)ccc2Br)oc1C. The first kappa shape index (κ1) is 13.2. The van der Waals surface area contributed by atoms with Gasteiger partial charge in [0, 0.05) is 11.0 Å². The lowest BCUT2D eigenvalue weighted by Gasteiger charge is -2.05. The van der Waals surface area contributed by atoms with Gasteiger partial charge in [0.05, 0.1) is 12.2 Å². The van der Waals surface area contributed by atoms with E-state index < -0.39 is 0 Å². The molecule has 0 aliphatic rings. The topological polar surface area (TPSA) is 38.1 Å². The van der Waals surface area contributed by atoms with Crippen molar-refractivity contribution in [2.45, 2.75) is 26.9 Å². The van der Waals surface area contributed by atoms with E-state index >= 15 is 0 Å². The predicted octanol–water partition coefficient (Wildman–Crippen LogP) is 3.48. The van der Waals surface area contributed by atoms with Crippen LogP contribution in [0.2, 0.25) is 0 Å². The quantitative estimate of drug-likeness (QED) is 0.939. The zero-order valence-corrected chi connectivity index (χ0v) is 11.8. The van der Waals surface area contributed by atoms with E-state index in [2.05, 4.69) is 26.2 Å². The number of oxazole rings is 1. The Morgan fingerprint density at radius 3 is 2.78 bits per heavy atom. The van der Waals surface area contributed by atoms with Crippen LogP contribution >= 0.6 is 15.9 Å². The van der Waals surface area contributed by atoms with Gasteiger partial charge in [0.1, 0.15) is 11.6 Å². The van der Waals surface area contributed by atoms with E-state index in [1.165, 1.54) is 12.1 Å². The highest BCUT2D eigenvalue weighted by Gasteiger charge is 2.06. The maximum atomic E-state index is 13.1. The van der Waals surface area contributed by atoms with Gasteiger partial charge in [-0.15, -0.1) is 0 Å².